The Morgan fingerprint density at radius 2 is 1.49 bits per heavy atom. The standard InChI is InChI=1S/C44H27N3OS/c1-2-12-27(13-3-1)40-42-41(33-16-7-9-20-37(33)48-42)46-44(45-40)28-21-23-30-31-17-10-19-36(43(31)49-38(30)25-28)47-34-18-8-6-15-32(34)39-29-14-5-4-11-26(29)22-24-35(39)47/h1-4,6-13,15-25H,5,14H2. The number of thiophene rings is 1. The highest BCUT2D eigenvalue weighted by Crippen LogP contribution is 2.44. The molecule has 4 nitrogen and oxygen atoms in total. The molecule has 49 heavy (non-hydrogen) atoms. The van der Waals surface area contributed by atoms with Crippen molar-refractivity contribution in [3.05, 3.63) is 145 Å². The summed E-state index contributed by atoms with van der Waals surface area (Å²) in [6.45, 7) is 0. The topological polar surface area (TPSA) is 43.9 Å². The highest BCUT2D eigenvalue weighted by Gasteiger charge is 2.22. The fraction of sp³-hybridized carbons (Fsp3) is 0.0455. The Morgan fingerprint density at radius 3 is 2.43 bits per heavy atom. The van der Waals surface area contributed by atoms with Gasteiger partial charge in [-0.25, -0.2) is 9.97 Å². The van der Waals surface area contributed by atoms with Crippen molar-refractivity contribution in [3.63, 3.8) is 0 Å². The molecule has 0 saturated carbocycles. The second-order valence-corrected chi connectivity index (χ2v) is 13.9. The van der Waals surface area contributed by atoms with Gasteiger partial charge >= 0.3 is 0 Å². The van der Waals surface area contributed by atoms with Crippen molar-refractivity contribution in [3.8, 4) is 28.3 Å². The minimum Gasteiger partial charge on any atom is -0.452 e. The van der Waals surface area contributed by atoms with E-state index in [9.17, 15) is 0 Å². The first-order valence-corrected chi connectivity index (χ1v) is 17.5. The summed E-state index contributed by atoms with van der Waals surface area (Å²) >= 11 is 1.84. The molecule has 1 aliphatic carbocycles. The van der Waals surface area contributed by atoms with E-state index in [1.165, 1.54) is 58.8 Å². The number of allylic oxidation sites excluding steroid dienone is 1. The van der Waals surface area contributed by atoms with E-state index in [1.54, 1.807) is 0 Å². The van der Waals surface area contributed by atoms with Crippen LogP contribution >= 0.6 is 11.3 Å². The van der Waals surface area contributed by atoms with E-state index in [0.717, 1.165) is 46.1 Å². The minimum atomic E-state index is 0.693. The van der Waals surface area contributed by atoms with Crippen LogP contribution in [0, 0.1) is 0 Å². The SMILES string of the molecule is C1=Cc2ccc3c(c2CC1)c1ccccc1n3-c1cccc2c1sc1cc(-c3nc(-c4ccccc4)c4oc5ccccc5c4n3)ccc12. The zero-order chi connectivity index (χ0) is 32.1. The molecule has 0 unspecified atom stereocenters. The molecule has 0 saturated heterocycles. The summed E-state index contributed by atoms with van der Waals surface area (Å²) in [7, 11) is 0. The van der Waals surface area contributed by atoms with E-state index >= 15 is 0 Å². The maximum atomic E-state index is 6.35. The third-order valence-corrected chi connectivity index (χ3v) is 11.3. The molecule has 0 atom stereocenters. The third kappa shape index (κ3) is 3.91. The molecule has 1 aliphatic rings. The van der Waals surface area contributed by atoms with Gasteiger partial charge in [0.2, 0.25) is 0 Å². The van der Waals surface area contributed by atoms with Crippen molar-refractivity contribution < 1.29 is 4.42 Å². The lowest BCUT2D eigenvalue weighted by Crippen LogP contribution is -1.97. The van der Waals surface area contributed by atoms with E-state index in [4.69, 9.17) is 14.4 Å². The maximum absolute atomic E-state index is 6.35. The molecule has 4 heterocycles. The number of hydrogen-bond acceptors (Lipinski definition) is 4. The summed E-state index contributed by atoms with van der Waals surface area (Å²) in [5.74, 6) is 0.693. The highest BCUT2D eigenvalue weighted by molar-refractivity contribution is 7.26. The maximum Gasteiger partial charge on any atom is 0.180 e. The largest absolute Gasteiger partial charge is 0.452 e. The number of rotatable bonds is 3. The summed E-state index contributed by atoms with van der Waals surface area (Å²) in [6.07, 6.45) is 6.73. The van der Waals surface area contributed by atoms with Gasteiger partial charge in [0, 0.05) is 42.8 Å². The summed E-state index contributed by atoms with van der Waals surface area (Å²) in [4.78, 5) is 10.3. The van der Waals surface area contributed by atoms with Gasteiger partial charge < -0.3 is 8.98 Å². The van der Waals surface area contributed by atoms with Crippen molar-refractivity contribution in [2.24, 2.45) is 0 Å². The fourth-order valence-electron chi connectivity index (χ4n) is 7.88. The normalized spacial score (nSPS) is 13.1. The summed E-state index contributed by atoms with van der Waals surface area (Å²) in [5, 5.41) is 6.20. The number of aromatic nitrogens is 3. The summed E-state index contributed by atoms with van der Waals surface area (Å²) in [5.41, 5.74) is 11.7. The predicted octanol–water partition coefficient (Wildman–Crippen LogP) is 12.1. The Labute approximate surface area is 285 Å². The van der Waals surface area contributed by atoms with Crippen LogP contribution in [0.25, 0.3) is 98.5 Å². The molecule has 0 amide bonds. The van der Waals surface area contributed by atoms with Crippen LogP contribution in [0.15, 0.2) is 138 Å². The lowest BCUT2D eigenvalue weighted by atomic mass is 9.93. The van der Waals surface area contributed by atoms with Crippen LogP contribution in [0.5, 0.6) is 0 Å². The van der Waals surface area contributed by atoms with Gasteiger partial charge in [-0.2, -0.15) is 0 Å². The van der Waals surface area contributed by atoms with Gasteiger partial charge in [0.05, 0.1) is 21.4 Å². The van der Waals surface area contributed by atoms with Crippen molar-refractivity contribution >= 4 is 81.5 Å². The Bertz CT molecular complexity index is 3000. The van der Waals surface area contributed by atoms with Crippen LogP contribution in [-0.2, 0) is 6.42 Å². The Balaban J connectivity index is 1.14. The average molecular weight is 646 g/mol. The van der Waals surface area contributed by atoms with Gasteiger partial charge in [-0.05, 0) is 60.4 Å². The number of benzene rings is 6. The molecular weight excluding hydrogens is 619 g/mol. The highest BCUT2D eigenvalue weighted by atomic mass is 32.1. The minimum absolute atomic E-state index is 0.693. The van der Waals surface area contributed by atoms with Crippen LogP contribution < -0.4 is 0 Å². The first-order chi connectivity index (χ1) is 24.3. The number of nitrogens with zero attached hydrogens (tertiary/aromatic N) is 3. The number of hydrogen-bond donors (Lipinski definition) is 0. The Hall–Kier alpha value is -6.04. The third-order valence-electron chi connectivity index (χ3n) is 10.1. The van der Waals surface area contributed by atoms with Gasteiger partial charge in [0.25, 0.3) is 0 Å². The van der Waals surface area contributed by atoms with Gasteiger partial charge in [0.1, 0.15) is 16.8 Å². The van der Waals surface area contributed by atoms with Crippen LogP contribution in [-0.4, -0.2) is 14.5 Å². The quantitative estimate of drug-likeness (QED) is 0.192. The second-order valence-electron chi connectivity index (χ2n) is 12.8. The van der Waals surface area contributed by atoms with Crippen LogP contribution in [0.4, 0.5) is 0 Å². The van der Waals surface area contributed by atoms with Crippen molar-refractivity contribution in [1.82, 2.24) is 14.5 Å². The Morgan fingerprint density at radius 1 is 0.653 bits per heavy atom. The molecule has 6 aromatic carbocycles. The lowest BCUT2D eigenvalue weighted by molar-refractivity contribution is 0.667. The number of furan rings is 1. The van der Waals surface area contributed by atoms with Crippen LogP contribution in [0.1, 0.15) is 17.5 Å². The van der Waals surface area contributed by atoms with Gasteiger partial charge in [0.15, 0.2) is 11.4 Å². The number of aryl methyl sites for hydroxylation is 1. The zero-order valence-electron chi connectivity index (χ0n) is 26.4. The molecule has 0 aliphatic heterocycles. The molecule has 0 radical (unpaired) electrons. The molecule has 0 fully saturated rings. The summed E-state index contributed by atoms with van der Waals surface area (Å²) in [6, 6.07) is 45.2. The molecule has 5 heteroatoms. The number of fused-ring (bicyclic) bond motifs is 11. The molecule has 11 rings (SSSR count). The second kappa shape index (κ2) is 10.2. The van der Waals surface area contributed by atoms with Crippen molar-refractivity contribution in [1.29, 1.82) is 0 Å². The average Bonchev–Trinajstić information content (AvgIpc) is 3.84. The molecule has 4 aromatic heterocycles. The molecular formula is C44H27N3OS. The fourth-order valence-corrected chi connectivity index (χ4v) is 9.13. The van der Waals surface area contributed by atoms with Gasteiger partial charge in [-0.3, -0.25) is 0 Å². The van der Waals surface area contributed by atoms with Gasteiger partial charge in [-0.1, -0.05) is 103 Å². The lowest BCUT2D eigenvalue weighted by Gasteiger charge is -2.13. The van der Waals surface area contributed by atoms with Crippen LogP contribution in [0.3, 0.4) is 0 Å². The first-order valence-electron chi connectivity index (χ1n) is 16.7. The molecule has 0 spiro atoms. The molecule has 230 valence electrons. The molecule has 0 N–H and O–H groups in total. The monoisotopic (exact) mass is 645 g/mol. The molecule has 0 bridgehead atoms. The summed E-state index contributed by atoms with van der Waals surface area (Å²) < 4.78 is 11.3. The van der Waals surface area contributed by atoms with E-state index in [-0.39, 0.29) is 0 Å². The van der Waals surface area contributed by atoms with E-state index in [2.05, 4.69) is 108 Å². The van der Waals surface area contributed by atoms with Crippen LogP contribution in [0.2, 0.25) is 0 Å². The zero-order valence-corrected chi connectivity index (χ0v) is 27.2. The van der Waals surface area contributed by atoms with Crippen molar-refractivity contribution in [2.45, 2.75) is 12.8 Å². The van der Waals surface area contributed by atoms with E-state index in [0.29, 0.717) is 11.4 Å². The Kier molecular flexibility index (Phi) is 5.63. The van der Waals surface area contributed by atoms with E-state index in [1.807, 2.05) is 47.7 Å². The van der Waals surface area contributed by atoms with E-state index < -0.39 is 0 Å². The van der Waals surface area contributed by atoms with Crippen molar-refractivity contribution in [2.75, 3.05) is 0 Å². The first kappa shape index (κ1) is 27.0. The molecule has 10 aromatic rings. The number of para-hydroxylation sites is 2. The predicted molar refractivity (Wildman–Crippen MR) is 205 cm³/mol. The van der Waals surface area contributed by atoms with Gasteiger partial charge in [-0.15, -0.1) is 11.3 Å². The smallest absolute Gasteiger partial charge is 0.180 e.